The van der Waals surface area contributed by atoms with E-state index < -0.39 is 6.04 Å². The lowest BCUT2D eigenvalue weighted by Gasteiger charge is -2.39. The summed E-state index contributed by atoms with van der Waals surface area (Å²) in [4.78, 5) is 28.9. The fourth-order valence-electron chi connectivity index (χ4n) is 3.03. The zero-order valence-corrected chi connectivity index (χ0v) is 14.9. The molecule has 0 N–H and O–H groups in total. The molecule has 1 aliphatic rings. The van der Waals surface area contributed by atoms with E-state index in [4.69, 9.17) is 16.3 Å². The average Bonchev–Trinajstić information content (AvgIpc) is 2.64. The monoisotopic (exact) mass is 358 g/mol. The van der Waals surface area contributed by atoms with Gasteiger partial charge in [0.2, 0.25) is 5.91 Å². The molecular weight excluding hydrogens is 340 g/mol. The number of anilines is 1. The van der Waals surface area contributed by atoms with Gasteiger partial charge >= 0.3 is 0 Å². The van der Waals surface area contributed by atoms with Crippen LogP contribution in [0.2, 0.25) is 5.02 Å². The van der Waals surface area contributed by atoms with Gasteiger partial charge in [0.25, 0.3) is 5.91 Å². The second-order valence-electron chi connectivity index (χ2n) is 5.82. The van der Waals surface area contributed by atoms with E-state index >= 15 is 0 Å². The summed E-state index contributed by atoms with van der Waals surface area (Å²) in [6, 6.07) is 13.7. The number of piperazine rings is 1. The predicted octanol–water partition coefficient (Wildman–Crippen LogP) is 3.23. The van der Waals surface area contributed by atoms with Gasteiger partial charge in [-0.1, -0.05) is 35.9 Å². The van der Waals surface area contributed by atoms with E-state index in [1.54, 1.807) is 48.1 Å². The molecule has 0 bridgehead atoms. The van der Waals surface area contributed by atoms with E-state index in [9.17, 15) is 9.59 Å². The number of para-hydroxylation sites is 2. The molecule has 0 radical (unpaired) electrons. The van der Waals surface area contributed by atoms with Gasteiger partial charge in [-0.3, -0.25) is 9.59 Å². The van der Waals surface area contributed by atoms with Crippen LogP contribution in [0.1, 0.15) is 17.3 Å². The van der Waals surface area contributed by atoms with Crippen molar-refractivity contribution in [2.24, 2.45) is 0 Å². The Hall–Kier alpha value is -2.53. The molecule has 2 aromatic carbocycles. The van der Waals surface area contributed by atoms with Crippen molar-refractivity contribution in [2.75, 3.05) is 25.1 Å². The van der Waals surface area contributed by atoms with Gasteiger partial charge in [0.1, 0.15) is 11.8 Å². The Morgan fingerprint density at radius 3 is 2.52 bits per heavy atom. The van der Waals surface area contributed by atoms with Gasteiger partial charge in [0.05, 0.1) is 23.4 Å². The number of halogens is 1. The normalized spacial score (nSPS) is 17.6. The fourth-order valence-corrected chi connectivity index (χ4v) is 3.25. The Morgan fingerprint density at radius 1 is 1.12 bits per heavy atom. The molecule has 1 heterocycles. The summed E-state index contributed by atoms with van der Waals surface area (Å²) in [5.41, 5.74) is 1.13. The molecule has 0 spiro atoms. The molecule has 0 aromatic heterocycles. The summed E-state index contributed by atoms with van der Waals surface area (Å²) >= 11 is 6.13. The molecule has 25 heavy (non-hydrogen) atoms. The maximum Gasteiger partial charge on any atom is 0.256 e. The second kappa shape index (κ2) is 7.15. The topological polar surface area (TPSA) is 49.9 Å². The Morgan fingerprint density at radius 2 is 1.80 bits per heavy atom. The van der Waals surface area contributed by atoms with Gasteiger partial charge in [-0.2, -0.15) is 0 Å². The summed E-state index contributed by atoms with van der Waals surface area (Å²) in [7, 11) is 1.57. The van der Waals surface area contributed by atoms with Crippen LogP contribution >= 0.6 is 11.6 Å². The minimum atomic E-state index is -0.581. The van der Waals surface area contributed by atoms with Crippen LogP contribution < -0.4 is 9.64 Å². The number of methoxy groups -OCH3 is 1. The number of amides is 2. The molecule has 2 aromatic rings. The number of carbonyl (C=O) groups excluding carboxylic acids is 2. The Balaban J connectivity index is 1.85. The highest BCUT2D eigenvalue weighted by Gasteiger charge is 2.36. The highest BCUT2D eigenvalue weighted by atomic mass is 35.5. The molecular formula is C19H19ClN2O3. The van der Waals surface area contributed by atoms with Gasteiger partial charge in [-0.05, 0) is 31.2 Å². The zero-order valence-electron chi connectivity index (χ0n) is 14.1. The Kier molecular flexibility index (Phi) is 4.95. The standard InChI is InChI=1S/C19H19ClN2O3/c1-13-18(23)22(16-9-5-6-10-17(16)25-2)12-11-21(13)19(24)14-7-3-4-8-15(14)20/h3-10,13H,11-12H2,1-2H3/t13-/m1/s1. The third-order valence-corrected chi connectivity index (χ3v) is 4.73. The third kappa shape index (κ3) is 3.20. The van der Waals surface area contributed by atoms with Crippen LogP contribution in [-0.2, 0) is 4.79 Å². The van der Waals surface area contributed by atoms with E-state index in [2.05, 4.69) is 0 Å². The zero-order chi connectivity index (χ0) is 18.0. The van der Waals surface area contributed by atoms with Gasteiger partial charge in [0, 0.05) is 13.1 Å². The summed E-state index contributed by atoms with van der Waals surface area (Å²) in [5.74, 6) is 0.260. The maximum atomic E-state index is 12.9. The van der Waals surface area contributed by atoms with Crippen molar-refractivity contribution in [3.8, 4) is 5.75 Å². The van der Waals surface area contributed by atoms with Crippen molar-refractivity contribution in [3.05, 3.63) is 59.1 Å². The number of hydrogen-bond acceptors (Lipinski definition) is 3. The predicted molar refractivity (Wildman–Crippen MR) is 97.3 cm³/mol. The highest BCUT2D eigenvalue weighted by Crippen LogP contribution is 2.30. The molecule has 0 unspecified atom stereocenters. The number of rotatable bonds is 3. The largest absolute Gasteiger partial charge is 0.495 e. The van der Waals surface area contributed by atoms with E-state index in [1.807, 2.05) is 24.3 Å². The van der Waals surface area contributed by atoms with Crippen LogP contribution in [0.4, 0.5) is 5.69 Å². The molecule has 1 fully saturated rings. The lowest BCUT2D eigenvalue weighted by atomic mass is 10.1. The number of benzene rings is 2. The van der Waals surface area contributed by atoms with Gasteiger partial charge in [-0.15, -0.1) is 0 Å². The first kappa shape index (κ1) is 17.3. The lowest BCUT2D eigenvalue weighted by Crippen LogP contribution is -2.57. The molecule has 1 atom stereocenters. The second-order valence-corrected chi connectivity index (χ2v) is 6.22. The highest BCUT2D eigenvalue weighted by molar-refractivity contribution is 6.33. The van der Waals surface area contributed by atoms with Crippen LogP contribution in [0.3, 0.4) is 0 Å². The van der Waals surface area contributed by atoms with Crippen molar-refractivity contribution in [1.82, 2.24) is 4.90 Å². The van der Waals surface area contributed by atoms with Gasteiger partial charge < -0.3 is 14.5 Å². The summed E-state index contributed by atoms with van der Waals surface area (Å²) in [6.07, 6.45) is 0. The Bertz CT molecular complexity index is 809. The molecule has 1 aliphatic heterocycles. The van der Waals surface area contributed by atoms with Crippen molar-refractivity contribution in [3.63, 3.8) is 0 Å². The quantitative estimate of drug-likeness (QED) is 0.846. The molecule has 0 aliphatic carbocycles. The number of nitrogens with zero attached hydrogens (tertiary/aromatic N) is 2. The molecule has 0 saturated carbocycles. The third-order valence-electron chi connectivity index (χ3n) is 4.40. The minimum absolute atomic E-state index is 0.142. The molecule has 3 rings (SSSR count). The van der Waals surface area contributed by atoms with E-state index in [-0.39, 0.29) is 11.8 Å². The van der Waals surface area contributed by atoms with Crippen molar-refractivity contribution < 1.29 is 14.3 Å². The summed E-state index contributed by atoms with van der Waals surface area (Å²) in [5, 5.41) is 0.388. The van der Waals surface area contributed by atoms with Crippen LogP contribution in [0, 0.1) is 0 Å². The van der Waals surface area contributed by atoms with Crippen LogP contribution in [-0.4, -0.2) is 43.0 Å². The number of hydrogen-bond donors (Lipinski definition) is 0. The smallest absolute Gasteiger partial charge is 0.256 e. The molecule has 2 amide bonds. The summed E-state index contributed by atoms with van der Waals surface area (Å²) in [6.45, 7) is 2.56. The molecule has 1 saturated heterocycles. The first-order chi connectivity index (χ1) is 12.0. The molecule has 6 heteroatoms. The van der Waals surface area contributed by atoms with Crippen LogP contribution in [0.15, 0.2) is 48.5 Å². The minimum Gasteiger partial charge on any atom is -0.495 e. The fraction of sp³-hybridized carbons (Fsp3) is 0.263. The van der Waals surface area contributed by atoms with Crippen molar-refractivity contribution in [1.29, 1.82) is 0 Å². The SMILES string of the molecule is COc1ccccc1N1CCN(C(=O)c2ccccc2Cl)[C@H](C)C1=O. The summed E-state index contributed by atoms with van der Waals surface area (Å²) < 4.78 is 5.35. The van der Waals surface area contributed by atoms with Gasteiger partial charge in [-0.25, -0.2) is 0 Å². The van der Waals surface area contributed by atoms with Crippen molar-refractivity contribution in [2.45, 2.75) is 13.0 Å². The number of carbonyl (C=O) groups is 2. The average molecular weight is 359 g/mol. The van der Waals surface area contributed by atoms with Crippen LogP contribution in [0.5, 0.6) is 5.75 Å². The maximum absolute atomic E-state index is 12.9. The first-order valence-electron chi connectivity index (χ1n) is 8.04. The van der Waals surface area contributed by atoms with E-state index in [0.29, 0.717) is 35.1 Å². The molecule has 5 nitrogen and oxygen atoms in total. The first-order valence-corrected chi connectivity index (χ1v) is 8.42. The van der Waals surface area contributed by atoms with Crippen molar-refractivity contribution >= 4 is 29.1 Å². The lowest BCUT2D eigenvalue weighted by molar-refractivity contribution is -0.124. The van der Waals surface area contributed by atoms with E-state index in [1.165, 1.54) is 0 Å². The molecule has 130 valence electrons. The van der Waals surface area contributed by atoms with Gasteiger partial charge in [0.15, 0.2) is 0 Å². The van der Waals surface area contributed by atoms with E-state index in [0.717, 1.165) is 0 Å². The Labute approximate surface area is 151 Å². The van der Waals surface area contributed by atoms with Crippen LogP contribution in [0.25, 0.3) is 0 Å². The number of ether oxygens (including phenoxy) is 1.